The Hall–Kier alpha value is -1.27. The van der Waals surface area contributed by atoms with Gasteiger partial charge in [-0.25, -0.2) is 0 Å². The first-order chi connectivity index (χ1) is 8.08. The van der Waals surface area contributed by atoms with Crippen molar-refractivity contribution in [1.29, 1.82) is 0 Å². The number of esters is 1. The van der Waals surface area contributed by atoms with Gasteiger partial charge in [-0.1, -0.05) is 15.9 Å². The molecule has 0 aliphatic carbocycles. The molecule has 0 aliphatic rings. The molecule has 1 aromatic carbocycles. The molecule has 94 valence electrons. The summed E-state index contributed by atoms with van der Waals surface area (Å²) in [5, 5.41) is 12.5. The summed E-state index contributed by atoms with van der Waals surface area (Å²) in [6, 6.07) is 3.25. The van der Waals surface area contributed by atoms with Gasteiger partial charge < -0.3 is 19.9 Å². The van der Waals surface area contributed by atoms with E-state index >= 15 is 0 Å². The van der Waals surface area contributed by atoms with Crippen molar-refractivity contribution < 1.29 is 19.4 Å². The maximum absolute atomic E-state index is 10.9. The number of hydrogen-bond acceptors (Lipinski definition) is 5. The summed E-state index contributed by atoms with van der Waals surface area (Å²) >= 11 is 3.36. The highest BCUT2D eigenvalue weighted by Crippen LogP contribution is 2.32. The Labute approximate surface area is 108 Å². The minimum atomic E-state index is -0.334. The highest BCUT2D eigenvalue weighted by molar-refractivity contribution is 9.10. The maximum Gasteiger partial charge on any atom is 0.319 e. The first kappa shape index (κ1) is 13.8. The van der Waals surface area contributed by atoms with E-state index < -0.39 is 0 Å². The van der Waals surface area contributed by atoms with E-state index in [4.69, 9.17) is 4.74 Å². The molecule has 0 heterocycles. The largest absolute Gasteiger partial charge is 0.504 e. The molecule has 0 amide bonds. The molecular weight excluding hydrogens is 290 g/mol. The fourth-order valence-corrected chi connectivity index (χ4v) is 1.72. The molecule has 2 N–H and O–H groups in total. The number of hydrogen-bond donors (Lipinski definition) is 2. The van der Waals surface area contributed by atoms with Crippen LogP contribution in [-0.2, 0) is 16.1 Å². The number of carbonyl (C=O) groups excluding carboxylic acids is 1. The molecule has 0 aliphatic heterocycles. The van der Waals surface area contributed by atoms with E-state index in [1.165, 1.54) is 14.2 Å². The predicted octanol–water partition coefficient (Wildman–Crippen LogP) is 1.43. The van der Waals surface area contributed by atoms with Crippen LogP contribution in [0, 0.1) is 0 Å². The minimum absolute atomic E-state index is 0.0607. The Bertz CT molecular complexity index is 409. The number of halogens is 1. The average Bonchev–Trinajstić information content (AvgIpc) is 2.32. The summed E-state index contributed by atoms with van der Waals surface area (Å²) in [6.45, 7) is 0.559. The highest BCUT2D eigenvalue weighted by Gasteiger charge is 2.08. The quantitative estimate of drug-likeness (QED) is 0.806. The van der Waals surface area contributed by atoms with Crippen LogP contribution in [0.15, 0.2) is 16.6 Å². The van der Waals surface area contributed by atoms with Crippen molar-refractivity contribution in [2.75, 3.05) is 20.8 Å². The molecule has 0 atom stereocenters. The average molecular weight is 304 g/mol. The second-order valence-electron chi connectivity index (χ2n) is 3.30. The van der Waals surface area contributed by atoms with E-state index in [-0.39, 0.29) is 18.3 Å². The highest BCUT2D eigenvalue weighted by atomic mass is 79.9. The molecule has 0 saturated carbocycles. The zero-order valence-corrected chi connectivity index (χ0v) is 11.2. The fourth-order valence-electron chi connectivity index (χ4n) is 1.26. The monoisotopic (exact) mass is 303 g/mol. The van der Waals surface area contributed by atoms with Crippen LogP contribution in [0.1, 0.15) is 5.56 Å². The number of carbonyl (C=O) groups is 1. The van der Waals surface area contributed by atoms with Crippen LogP contribution in [0.4, 0.5) is 0 Å². The molecule has 0 saturated heterocycles. The van der Waals surface area contributed by atoms with E-state index in [9.17, 15) is 9.90 Å². The summed E-state index contributed by atoms with van der Waals surface area (Å²) in [5.41, 5.74) is 0.826. The third kappa shape index (κ3) is 3.90. The summed E-state index contributed by atoms with van der Waals surface area (Å²) in [6.07, 6.45) is 0. The van der Waals surface area contributed by atoms with Crippen LogP contribution >= 0.6 is 15.9 Å². The van der Waals surface area contributed by atoms with Gasteiger partial charge >= 0.3 is 5.97 Å². The summed E-state index contributed by atoms with van der Waals surface area (Å²) in [4.78, 5) is 10.9. The Morgan fingerprint density at radius 1 is 1.47 bits per heavy atom. The standard InChI is InChI=1S/C11H14BrNO4/c1-16-10-4-8(12)7(3-9(10)14)5-13-6-11(15)17-2/h3-4,13-14H,5-6H2,1-2H3. The lowest BCUT2D eigenvalue weighted by atomic mass is 10.2. The van der Waals surface area contributed by atoms with E-state index in [1.54, 1.807) is 12.1 Å². The van der Waals surface area contributed by atoms with Crippen LogP contribution in [0.2, 0.25) is 0 Å². The topological polar surface area (TPSA) is 67.8 Å². The van der Waals surface area contributed by atoms with Gasteiger partial charge in [0.15, 0.2) is 11.5 Å². The normalized spacial score (nSPS) is 10.1. The number of ether oxygens (including phenoxy) is 2. The van der Waals surface area contributed by atoms with Crippen molar-refractivity contribution in [3.05, 3.63) is 22.2 Å². The first-order valence-corrected chi connectivity index (χ1v) is 5.70. The number of aromatic hydroxyl groups is 1. The molecule has 0 fully saturated rings. The lowest BCUT2D eigenvalue weighted by Crippen LogP contribution is -2.23. The molecule has 1 rings (SSSR count). The smallest absolute Gasteiger partial charge is 0.319 e. The zero-order valence-electron chi connectivity index (χ0n) is 9.62. The Morgan fingerprint density at radius 3 is 2.76 bits per heavy atom. The SMILES string of the molecule is COC(=O)CNCc1cc(O)c(OC)cc1Br. The van der Waals surface area contributed by atoms with E-state index in [1.807, 2.05) is 0 Å². The predicted molar refractivity (Wildman–Crippen MR) is 66.1 cm³/mol. The number of methoxy groups -OCH3 is 2. The van der Waals surface area contributed by atoms with Crippen LogP contribution in [0.3, 0.4) is 0 Å². The van der Waals surface area contributed by atoms with Crippen LogP contribution < -0.4 is 10.1 Å². The van der Waals surface area contributed by atoms with Gasteiger partial charge in [0, 0.05) is 11.0 Å². The minimum Gasteiger partial charge on any atom is -0.504 e. The van der Waals surface area contributed by atoms with E-state index in [0.29, 0.717) is 12.3 Å². The van der Waals surface area contributed by atoms with Gasteiger partial charge in [0.05, 0.1) is 20.8 Å². The zero-order chi connectivity index (χ0) is 12.8. The third-order valence-corrected chi connectivity index (χ3v) is 2.90. The van der Waals surface area contributed by atoms with Gasteiger partial charge in [0.1, 0.15) is 0 Å². The Morgan fingerprint density at radius 2 is 2.18 bits per heavy atom. The van der Waals surface area contributed by atoms with Crippen molar-refractivity contribution in [2.45, 2.75) is 6.54 Å². The van der Waals surface area contributed by atoms with Crippen molar-refractivity contribution in [2.24, 2.45) is 0 Å². The van der Waals surface area contributed by atoms with E-state index in [2.05, 4.69) is 26.0 Å². The van der Waals surface area contributed by atoms with Gasteiger partial charge in [-0.05, 0) is 17.7 Å². The van der Waals surface area contributed by atoms with Crippen LogP contribution in [0.5, 0.6) is 11.5 Å². The summed E-state index contributed by atoms with van der Waals surface area (Å²) in [7, 11) is 2.82. The molecule has 0 spiro atoms. The van der Waals surface area contributed by atoms with Crippen molar-refractivity contribution in [3.8, 4) is 11.5 Å². The molecule has 0 unspecified atom stereocenters. The Kier molecular flexibility index (Phi) is 5.24. The third-order valence-electron chi connectivity index (χ3n) is 2.16. The summed E-state index contributed by atoms with van der Waals surface area (Å²) < 4.78 is 10.3. The lowest BCUT2D eigenvalue weighted by molar-refractivity contribution is -0.139. The van der Waals surface area contributed by atoms with Crippen molar-refractivity contribution in [3.63, 3.8) is 0 Å². The van der Waals surface area contributed by atoms with E-state index in [0.717, 1.165) is 10.0 Å². The van der Waals surface area contributed by atoms with Gasteiger partial charge in [0.25, 0.3) is 0 Å². The van der Waals surface area contributed by atoms with Crippen molar-refractivity contribution in [1.82, 2.24) is 5.32 Å². The number of rotatable bonds is 5. The first-order valence-electron chi connectivity index (χ1n) is 4.91. The molecule has 0 aromatic heterocycles. The number of phenolic OH excluding ortho intramolecular Hbond substituents is 1. The van der Waals surface area contributed by atoms with Crippen molar-refractivity contribution >= 4 is 21.9 Å². The van der Waals surface area contributed by atoms with Gasteiger partial charge in [0.2, 0.25) is 0 Å². The number of nitrogens with one attached hydrogen (secondary N) is 1. The molecular formula is C11H14BrNO4. The number of phenols is 1. The van der Waals surface area contributed by atoms with Crippen LogP contribution in [-0.4, -0.2) is 31.8 Å². The number of benzene rings is 1. The van der Waals surface area contributed by atoms with Gasteiger partial charge in [-0.3, -0.25) is 4.79 Å². The second kappa shape index (κ2) is 6.46. The molecule has 17 heavy (non-hydrogen) atoms. The molecule has 0 bridgehead atoms. The fraction of sp³-hybridized carbons (Fsp3) is 0.364. The lowest BCUT2D eigenvalue weighted by Gasteiger charge is -2.09. The molecule has 1 aromatic rings. The van der Waals surface area contributed by atoms with Gasteiger partial charge in [-0.15, -0.1) is 0 Å². The van der Waals surface area contributed by atoms with Gasteiger partial charge in [-0.2, -0.15) is 0 Å². The molecule has 6 heteroatoms. The molecule has 0 radical (unpaired) electrons. The summed E-state index contributed by atoms with van der Waals surface area (Å²) in [5.74, 6) is 0.123. The van der Waals surface area contributed by atoms with Crippen LogP contribution in [0.25, 0.3) is 0 Å². The maximum atomic E-state index is 10.9. The Balaban J connectivity index is 2.65. The molecule has 5 nitrogen and oxygen atoms in total. The second-order valence-corrected chi connectivity index (χ2v) is 4.15.